The molecule has 0 saturated heterocycles. The molecule has 2 aromatic rings. The Labute approximate surface area is 126 Å². The van der Waals surface area contributed by atoms with Crippen LogP contribution < -0.4 is 10.2 Å². The number of rotatable bonds is 5. The van der Waals surface area contributed by atoms with E-state index in [9.17, 15) is 0 Å². The number of hydrogen-bond acceptors (Lipinski definition) is 2. The van der Waals surface area contributed by atoms with Crippen molar-refractivity contribution in [2.24, 2.45) is 0 Å². The molecular formula is C17H21ClN2. The summed E-state index contributed by atoms with van der Waals surface area (Å²) in [5.41, 5.74) is 5.04. The first-order valence-electron chi connectivity index (χ1n) is 6.78. The third-order valence-electron chi connectivity index (χ3n) is 3.40. The third-order valence-corrected chi connectivity index (χ3v) is 3.64. The van der Waals surface area contributed by atoms with Gasteiger partial charge in [-0.1, -0.05) is 29.8 Å². The molecule has 0 bridgehead atoms. The Morgan fingerprint density at radius 2 is 1.70 bits per heavy atom. The Kier molecular flexibility index (Phi) is 5.05. The molecule has 0 aliphatic carbocycles. The van der Waals surface area contributed by atoms with E-state index < -0.39 is 0 Å². The molecule has 106 valence electrons. The summed E-state index contributed by atoms with van der Waals surface area (Å²) in [4.78, 5) is 2.11. The van der Waals surface area contributed by atoms with Gasteiger partial charge in [-0.05, 0) is 47.9 Å². The van der Waals surface area contributed by atoms with E-state index in [1.165, 1.54) is 22.4 Å². The summed E-state index contributed by atoms with van der Waals surface area (Å²) in [6, 6.07) is 14.6. The van der Waals surface area contributed by atoms with Crippen molar-refractivity contribution in [1.82, 2.24) is 5.32 Å². The number of anilines is 1. The normalized spacial score (nSPS) is 10.6. The van der Waals surface area contributed by atoms with Crippen LogP contribution in [0.4, 0.5) is 5.69 Å². The monoisotopic (exact) mass is 288 g/mol. The van der Waals surface area contributed by atoms with Crippen molar-refractivity contribution in [3.05, 3.63) is 64.2 Å². The molecule has 0 saturated carbocycles. The van der Waals surface area contributed by atoms with Crippen LogP contribution in [0.1, 0.15) is 16.7 Å². The van der Waals surface area contributed by atoms with E-state index in [0.29, 0.717) is 0 Å². The van der Waals surface area contributed by atoms with E-state index in [4.69, 9.17) is 11.6 Å². The summed E-state index contributed by atoms with van der Waals surface area (Å²) in [6.45, 7) is 3.82. The Balaban J connectivity index is 1.89. The molecule has 0 atom stereocenters. The fraction of sp³-hybridized carbons (Fsp3) is 0.294. The lowest BCUT2D eigenvalue weighted by atomic mass is 10.1. The van der Waals surface area contributed by atoms with E-state index in [1.54, 1.807) is 0 Å². The number of nitrogens with one attached hydrogen (secondary N) is 1. The van der Waals surface area contributed by atoms with E-state index >= 15 is 0 Å². The second-order valence-corrected chi connectivity index (χ2v) is 5.67. The second-order valence-electron chi connectivity index (χ2n) is 5.24. The average Bonchev–Trinajstić information content (AvgIpc) is 2.42. The highest BCUT2D eigenvalue weighted by atomic mass is 35.5. The van der Waals surface area contributed by atoms with Crippen LogP contribution in [-0.2, 0) is 13.1 Å². The molecule has 0 aliphatic rings. The maximum atomic E-state index is 5.96. The van der Waals surface area contributed by atoms with Crippen LogP contribution >= 0.6 is 11.6 Å². The zero-order valence-corrected chi connectivity index (χ0v) is 13.0. The van der Waals surface area contributed by atoms with Crippen molar-refractivity contribution < 1.29 is 0 Å². The van der Waals surface area contributed by atoms with E-state index in [-0.39, 0.29) is 0 Å². The minimum Gasteiger partial charge on any atom is -0.378 e. The lowest BCUT2D eigenvalue weighted by Crippen LogP contribution is -2.14. The van der Waals surface area contributed by atoms with E-state index in [2.05, 4.69) is 61.6 Å². The predicted molar refractivity (Wildman–Crippen MR) is 87.5 cm³/mol. The minimum atomic E-state index is 0.797. The van der Waals surface area contributed by atoms with Gasteiger partial charge in [-0.25, -0.2) is 0 Å². The summed E-state index contributed by atoms with van der Waals surface area (Å²) < 4.78 is 0. The van der Waals surface area contributed by atoms with Crippen molar-refractivity contribution in [1.29, 1.82) is 0 Å². The van der Waals surface area contributed by atoms with Crippen LogP contribution in [0.2, 0.25) is 5.02 Å². The van der Waals surface area contributed by atoms with Gasteiger partial charge in [0.25, 0.3) is 0 Å². The molecular weight excluding hydrogens is 268 g/mol. The molecule has 2 rings (SSSR count). The van der Waals surface area contributed by atoms with Crippen LogP contribution in [0.5, 0.6) is 0 Å². The van der Waals surface area contributed by atoms with Gasteiger partial charge in [-0.3, -0.25) is 0 Å². The van der Waals surface area contributed by atoms with Crippen LogP contribution in [-0.4, -0.2) is 14.1 Å². The van der Waals surface area contributed by atoms with Gasteiger partial charge in [0.15, 0.2) is 0 Å². The highest BCUT2D eigenvalue weighted by Gasteiger charge is 2.00. The molecule has 0 fully saturated rings. The fourth-order valence-corrected chi connectivity index (χ4v) is 2.34. The van der Waals surface area contributed by atoms with Crippen LogP contribution in [0.3, 0.4) is 0 Å². The van der Waals surface area contributed by atoms with Gasteiger partial charge in [0.2, 0.25) is 0 Å². The fourth-order valence-electron chi connectivity index (χ4n) is 2.11. The Hall–Kier alpha value is -1.51. The Morgan fingerprint density at radius 1 is 1.00 bits per heavy atom. The van der Waals surface area contributed by atoms with Crippen LogP contribution in [0.15, 0.2) is 42.5 Å². The molecule has 0 heterocycles. The van der Waals surface area contributed by atoms with Crippen LogP contribution in [0, 0.1) is 6.92 Å². The molecule has 0 unspecified atom stereocenters. The first-order chi connectivity index (χ1) is 9.56. The molecule has 2 aromatic carbocycles. The van der Waals surface area contributed by atoms with Crippen molar-refractivity contribution in [3.8, 4) is 0 Å². The van der Waals surface area contributed by atoms with Crippen molar-refractivity contribution in [3.63, 3.8) is 0 Å². The topological polar surface area (TPSA) is 15.3 Å². The molecule has 0 aromatic heterocycles. The minimum absolute atomic E-state index is 0.797. The molecule has 0 amide bonds. The van der Waals surface area contributed by atoms with Crippen molar-refractivity contribution in [2.45, 2.75) is 20.0 Å². The van der Waals surface area contributed by atoms with Gasteiger partial charge in [0, 0.05) is 37.9 Å². The van der Waals surface area contributed by atoms with Gasteiger partial charge < -0.3 is 10.2 Å². The average molecular weight is 289 g/mol. The number of nitrogens with zero attached hydrogens (tertiary/aromatic N) is 1. The lowest BCUT2D eigenvalue weighted by Gasteiger charge is -2.13. The highest BCUT2D eigenvalue weighted by Crippen LogP contribution is 2.15. The quantitative estimate of drug-likeness (QED) is 0.894. The summed E-state index contributed by atoms with van der Waals surface area (Å²) in [5, 5.41) is 4.27. The van der Waals surface area contributed by atoms with Crippen LogP contribution in [0.25, 0.3) is 0 Å². The molecule has 1 N–H and O–H groups in total. The zero-order valence-electron chi connectivity index (χ0n) is 12.3. The predicted octanol–water partition coefficient (Wildman–Crippen LogP) is 4.00. The van der Waals surface area contributed by atoms with E-state index in [1.807, 2.05) is 12.1 Å². The molecule has 2 nitrogen and oxygen atoms in total. The third kappa shape index (κ3) is 3.99. The number of hydrogen-bond donors (Lipinski definition) is 1. The van der Waals surface area contributed by atoms with Gasteiger partial charge in [0.05, 0.1) is 0 Å². The largest absolute Gasteiger partial charge is 0.378 e. The maximum absolute atomic E-state index is 5.96. The van der Waals surface area contributed by atoms with Gasteiger partial charge in [-0.2, -0.15) is 0 Å². The summed E-state index contributed by atoms with van der Waals surface area (Å²) in [5.74, 6) is 0. The highest BCUT2D eigenvalue weighted by molar-refractivity contribution is 6.30. The second kappa shape index (κ2) is 6.78. The van der Waals surface area contributed by atoms with E-state index in [0.717, 1.165) is 18.1 Å². The van der Waals surface area contributed by atoms with Crippen molar-refractivity contribution in [2.75, 3.05) is 19.0 Å². The molecule has 0 radical (unpaired) electrons. The number of aryl methyl sites for hydroxylation is 1. The maximum Gasteiger partial charge on any atom is 0.0408 e. The lowest BCUT2D eigenvalue weighted by molar-refractivity contribution is 0.690. The summed E-state index contributed by atoms with van der Waals surface area (Å²) >= 11 is 5.96. The molecule has 0 aliphatic heterocycles. The van der Waals surface area contributed by atoms with Crippen molar-refractivity contribution >= 4 is 17.3 Å². The molecule has 20 heavy (non-hydrogen) atoms. The smallest absolute Gasteiger partial charge is 0.0408 e. The molecule has 3 heteroatoms. The van der Waals surface area contributed by atoms with Gasteiger partial charge >= 0.3 is 0 Å². The Morgan fingerprint density at radius 3 is 2.30 bits per heavy atom. The first kappa shape index (κ1) is 14.9. The SMILES string of the molecule is Cc1cc(Cl)ccc1CNCc1ccc(N(C)C)cc1. The number of benzene rings is 2. The van der Waals surface area contributed by atoms with Gasteiger partial charge in [0.1, 0.15) is 0 Å². The Bertz CT molecular complexity index is 562. The summed E-state index contributed by atoms with van der Waals surface area (Å²) in [6.07, 6.45) is 0. The first-order valence-corrected chi connectivity index (χ1v) is 7.16. The summed E-state index contributed by atoms with van der Waals surface area (Å²) in [7, 11) is 4.10. The zero-order chi connectivity index (χ0) is 14.5. The number of halogens is 1. The van der Waals surface area contributed by atoms with Gasteiger partial charge in [-0.15, -0.1) is 0 Å². The molecule has 0 spiro atoms. The standard InChI is InChI=1S/C17H21ClN2/c1-13-10-16(18)7-6-15(13)12-19-11-14-4-8-17(9-5-14)20(2)3/h4-10,19H,11-12H2,1-3H3.